The van der Waals surface area contributed by atoms with Crippen LogP contribution in [0.2, 0.25) is 0 Å². The minimum absolute atomic E-state index is 0.121. The number of carbonyl (C=O) groups excluding carboxylic acids is 1. The van der Waals surface area contributed by atoms with Gasteiger partial charge in [0.2, 0.25) is 5.91 Å². The third kappa shape index (κ3) is 2.33. The first kappa shape index (κ1) is 13.6. The van der Waals surface area contributed by atoms with Crippen LogP contribution in [-0.2, 0) is 10.2 Å². The molecular weight excluding hydrogens is 255 g/mol. The third-order valence-corrected chi connectivity index (χ3v) is 4.77. The topological polar surface area (TPSA) is 32.3 Å². The number of nitrogens with zero attached hydrogens (tertiary/aromatic N) is 1. The number of nitrogens with one attached hydrogen (secondary N) is 1. The summed E-state index contributed by atoms with van der Waals surface area (Å²) in [5, 5.41) is 3.19. The minimum Gasteiger partial charge on any atom is -0.351 e. The number of amides is 1. The van der Waals surface area contributed by atoms with E-state index in [0.29, 0.717) is 0 Å². The van der Waals surface area contributed by atoms with E-state index in [4.69, 9.17) is 0 Å². The van der Waals surface area contributed by atoms with Gasteiger partial charge in [-0.3, -0.25) is 4.79 Å². The average Bonchev–Trinajstić information content (AvgIpc) is 2.76. The zero-order valence-corrected chi connectivity index (χ0v) is 11.9. The summed E-state index contributed by atoms with van der Waals surface area (Å²) in [5.41, 5.74) is 0.531. The summed E-state index contributed by atoms with van der Waals surface area (Å²) < 4.78 is 13.1. The average molecular weight is 276 g/mol. The van der Waals surface area contributed by atoms with Crippen molar-refractivity contribution in [2.24, 2.45) is 0 Å². The number of likely N-dealkylation sites (N-methyl/N-ethyl adjacent to an activating group) is 1. The minimum atomic E-state index is -0.422. The molecule has 0 spiro atoms. The van der Waals surface area contributed by atoms with Crippen LogP contribution in [-0.4, -0.2) is 37.0 Å². The third-order valence-electron chi connectivity index (χ3n) is 4.77. The van der Waals surface area contributed by atoms with Gasteiger partial charge in [-0.15, -0.1) is 0 Å². The van der Waals surface area contributed by atoms with Crippen LogP contribution in [0.15, 0.2) is 24.3 Å². The molecule has 20 heavy (non-hydrogen) atoms. The van der Waals surface area contributed by atoms with Crippen molar-refractivity contribution in [2.75, 3.05) is 20.1 Å². The van der Waals surface area contributed by atoms with Gasteiger partial charge in [0.25, 0.3) is 0 Å². The monoisotopic (exact) mass is 276 g/mol. The van der Waals surface area contributed by atoms with Crippen molar-refractivity contribution < 1.29 is 9.18 Å². The Kier molecular flexibility index (Phi) is 3.50. The van der Waals surface area contributed by atoms with Crippen molar-refractivity contribution in [3.8, 4) is 0 Å². The Morgan fingerprint density at radius 2 is 2.05 bits per heavy atom. The largest absolute Gasteiger partial charge is 0.351 e. The first-order chi connectivity index (χ1) is 9.60. The van der Waals surface area contributed by atoms with E-state index in [-0.39, 0.29) is 17.8 Å². The molecular formula is C16H21FN2O. The van der Waals surface area contributed by atoms with Gasteiger partial charge in [-0.05, 0) is 50.6 Å². The molecule has 1 saturated heterocycles. The van der Waals surface area contributed by atoms with Gasteiger partial charge >= 0.3 is 0 Å². The van der Waals surface area contributed by atoms with E-state index in [1.54, 1.807) is 12.1 Å². The molecule has 108 valence electrons. The molecule has 1 aliphatic heterocycles. The molecule has 0 radical (unpaired) electrons. The molecule has 1 aromatic rings. The maximum absolute atomic E-state index is 13.1. The van der Waals surface area contributed by atoms with Gasteiger partial charge in [-0.25, -0.2) is 4.39 Å². The summed E-state index contributed by atoms with van der Waals surface area (Å²) in [7, 11) is 2.07. The predicted octanol–water partition coefficient (Wildman–Crippen LogP) is 2.07. The molecule has 1 atom stereocenters. The van der Waals surface area contributed by atoms with Gasteiger partial charge in [0, 0.05) is 12.6 Å². The summed E-state index contributed by atoms with van der Waals surface area (Å²) in [4.78, 5) is 14.9. The molecule has 1 saturated carbocycles. The van der Waals surface area contributed by atoms with E-state index in [9.17, 15) is 9.18 Å². The number of halogens is 1. The second-order valence-corrected chi connectivity index (χ2v) is 6.16. The summed E-state index contributed by atoms with van der Waals surface area (Å²) in [6.45, 7) is 1.96. The SMILES string of the molecule is CN1CCC(NC(=O)C2(c3ccc(F)cc3)CCC2)C1. The molecule has 1 heterocycles. The van der Waals surface area contributed by atoms with Crippen LogP contribution in [0.5, 0.6) is 0 Å². The molecule has 2 fully saturated rings. The van der Waals surface area contributed by atoms with Gasteiger partial charge in [0.05, 0.1) is 5.41 Å². The van der Waals surface area contributed by atoms with Crippen molar-refractivity contribution in [1.29, 1.82) is 0 Å². The second kappa shape index (κ2) is 5.17. The van der Waals surface area contributed by atoms with Crippen LogP contribution in [0, 0.1) is 5.82 Å². The molecule has 3 nitrogen and oxygen atoms in total. The fourth-order valence-corrected chi connectivity index (χ4v) is 3.32. The van der Waals surface area contributed by atoms with Crippen molar-refractivity contribution in [3.63, 3.8) is 0 Å². The van der Waals surface area contributed by atoms with Gasteiger partial charge in [-0.2, -0.15) is 0 Å². The molecule has 1 unspecified atom stereocenters. The van der Waals surface area contributed by atoms with Crippen LogP contribution in [0.25, 0.3) is 0 Å². The van der Waals surface area contributed by atoms with Gasteiger partial charge in [-0.1, -0.05) is 18.6 Å². The van der Waals surface area contributed by atoms with Crippen LogP contribution < -0.4 is 5.32 Å². The summed E-state index contributed by atoms with van der Waals surface area (Å²) >= 11 is 0. The van der Waals surface area contributed by atoms with Gasteiger partial charge in [0.1, 0.15) is 5.82 Å². The van der Waals surface area contributed by atoms with Crippen LogP contribution in [0.1, 0.15) is 31.2 Å². The maximum atomic E-state index is 13.1. The molecule has 3 rings (SSSR count). The van der Waals surface area contributed by atoms with Crippen LogP contribution in [0.4, 0.5) is 4.39 Å². The van der Waals surface area contributed by atoms with Gasteiger partial charge in [0.15, 0.2) is 0 Å². The Morgan fingerprint density at radius 1 is 1.35 bits per heavy atom. The molecule has 1 aromatic carbocycles. The Labute approximate surface area is 119 Å². The summed E-state index contributed by atoms with van der Waals surface area (Å²) in [6, 6.07) is 6.67. The first-order valence-corrected chi connectivity index (χ1v) is 7.36. The Balaban J connectivity index is 1.75. The number of benzene rings is 1. The predicted molar refractivity (Wildman–Crippen MR) is 76.0 cm³/mol. The lowest BCUT2D eigenvalue weighted by atomic mass is 9.63. The lowest BCUT2D eigenvalue weighted by Crippen LogP contribution is -2.52. The van der Waals surface area contributed by atoms with Crippen molar-refractivity contribution in [1.82, 2.24) is 10.2 Å². The number of hydrogen-bond donors (Lipinski definition) is 1. The molecule has 0 bridgehead atoms. The van der Waals surface area contributed by atoms with Crippen molar-refractivity contribution in [3.05, 3.63) is 35.6 Å². The van der Waals surface area contributed by atoms with Crippen molar-refractivity contribution >= 4 is 5.91 Å². The standard InChI is InChI=1S/C16H21FN2O/c1-19-10-7-14(11-19)18-15(20)16(8-2-9-16)12-3-5-13(17)6-4-12/h3-6,14H,2,7-11H2,1H3,(H,18,20). The molecule has 0 aromatic heterocycles. The molecule has 2 aliphatic rings. The number of hydrogen-bond acceptors (Lipinski definition) is 2. The summed E-state index contributed by atoms with van der Waals surface area (Å²) in [5.74, 6) is -0.128. The smallest absolute Gasteiger partial charge is 0.230 e. The Morgan fingerprint density at radius 3 is 2.55 bits per heavy atom. The maximum Gasteiger partial charge on any atom is 0.230 e. The highest BCUT2D eigenvalue weighted by Gasteiger charge is 2.46. The number of rotatable bonds is 3. The quantitative estimate of drug-likeness (QED) is 0.916. The van der Waals surface area contributed by atoms with E-state index < -0.39 is 5.41 Å². The highest BCUT2D eigenvalue weighted by Crippen LogP contribution is 2.44. The molecule has 1 amide bonds. The zero-order chi connectivity index (χ0) is 14.2. The van der Waals surface area contributed by atoms with Crippen LogP contribution in [0.3, 0.4) is 0 Å². The second-order valence-electron chi connectivity index (χ2n) is 6.16. The van der Waals surface area contributed by atoms with E-state index in [1.165, 1.54) is 12.1 Å². The van der Waals surface area contributed by atoms with Gasteiger partial charge < -0.3 is 10.2 Å². The Hall–Kier alpha value is -1.42. The summed E-state index contributed by atoms with van der Waals surface area (Å²) in [6.07, 6.45) is 3.82. The first-order valence-electron chi connectivity index (χ1n) is 7.36. The lowest BCUT2D eigenvalue weighted by Gasteiger charge is -2.41. The normalized spacial score (nSPS) is 25.2. The molecule has 1 N–H and O–H groups in total. The van der Waals surface area contributed by atoms with E-state index in [0.717, 1.165) is 44.3 Å². The fourth-order valence-electron chi connectivity index (χ4n) is 3.32. The molecule has 4 heteroatoms. The van der Waals surface area contributed by atoms with E-state index in [2.05, 4.69) is 17.3 Å². The van der Waals surface area contributed by atoms with Crippen molar-refractivity contribution in [2.45, 2.75) is 37.1 Å². The fraction of sp³-hybridized carbons (Fsp3) is 0.562. The van der Waals surface area contributed by atoms with E-state index in [1.807, 2.05) is 0 Å². The Bertz CT molecular complexity index is 496. The molecule has 1 aliphatic carbocycles. The number of carbonyl (C=O) groups is 1. The number of likely N-dealkylation sites (tertiary alicyclic amines) is 1. The zero-order valence-electron chi connectivity index (χ0n) is 11.9. The van der Waals surface area contributed by atoms with E-state index >= 15 is 0 Å². The van der Waals surface area contributed by atoms with Crippen LogP contribution >= 0.6 is 0 Å². The highest BCUT2D eigenvalue weighted by molar-refractivity contribution is 5.89. The highest BCUT2D eigenvalue weighted by atomic mass is 19.1. The lowest BCUT2D eigenvalue weighted by molar-refractivity contribution is -0.130.